The van der Waals surface area contributed by atoms with Gasteiger partial charge in [0.2, 0.25) is 5.91 Å². The standard InChI is InChI=1S/C18H22N2O4S2/c1-12(14-4-6-16(24-3)7-5-14)19-26(22,23)18-10-15-11-20(13(2)21)9-8-17(15)25-18/h4-7,10,12,19H,8-9,11H2,1-3H3. The number of benzene rings is 1. The molecule has 1 aliphatic rings. The van der Waals surface area contributed by atoms with Crippen molar-refractivity contribution >= 4 is 27.3 Å². The monoisotopic (exact) mass is 394 g/mol. The molecule has 0 saturated carbocycles. The van der Waals surface area contributed by atoms with E-state index < -0.39 is 10.0 Å². The summed E-state index contributed by atoms with van der Waals surface area (Å²) in [6.07, 6.45) is 0.698. The molecule has 6 nitrogen and oxygen atoms in total. The predicted molar refractivity (Wildman–Crippen MR) is 101 cm³/mol. The molecule has 0 bridgehead atoms. The molecule has 0 radical (unpaired) electrons. The van der Waals surface area contributed by atoms with Crippen LogP contribution in [0.1, 0.15) is 35.9 Å². The second kappa shape index (κ2) is 7.38. The second-order valence-electron chi connectivity index (χ2n) is 6.32. The zero-order valence-corrected chi connectivity index (χ0v) is 16.6. The lowest BCUT2D eigenvalue weighted by Crippen LogP contribution is -2.33. The molecule has 0 aliphatic carbocycles. The molecule has 0 spiro atoms. The first-order valence-corrected chi connectivity index (χ1v) is 10.6. The van der Waals surface area contributed by atoms with Crippen molar-refractivity contribution in [3.05, 3.63) is 46.3 Å². The van der Waals surface area contributed by atoms with Crippen LogP contribution < -0.4 is 9.46 Å². The van der Waals surface area contributed by atoms with Gasteiger partial charge in [-0.2, -0.15) is 0 Å². The molecular weight excluding hydrogens is 372 g/mol. The molecule has 2 aromatic rings. The number of methoxy groups -OCH3 is 1. The predicted octanol–water partition coefficient (Wildman–Crippen LogP) is 2.70. The van der Waals surface area contributed by atoms with Gasteiger partial charge >= 0.3 is 0 Å². The number of hydrogen-bond acceptors (Lipinski definition) is 5. The Balaban J connectivity index is 1.77. The van der Waals surface area contributed by atoms with Crippen LogP contribution in [0.25, 0.3) is 0 Å². The van der Waals surface area contributed by atoms with Gasteiger partial charge < -0.3 is 9.64 Å². The fourth-order valence-electron chi connectivity index (χ4n) is 2.96. The number of rotatable bonds is 5. The summed E-state index contributed by atoms with van der Waals surface area (Å²) < 4.78 is 33.7. The van der Waals surface area contributed by atoms with E-state index in [4.69, 9.17) is 4.74 Å². The van der Waals surface area contributed by atoms with Crippen LogP contribution >= 0.6 is 11.3 Å². The summed E-state index contributed by atoms with van der Waals surface area (Å²) >= 11 is 1.29. The minimum atomic E-state index is -3.62. The van der Waals surface area contributed by atoms with Crippen molar-refractivity contribution in [1.82, 2.24) is 9.62 Å². The molecule has 1 unspecified atom stereocenters. The average Bonchev–Trinajstić information content (AvgIpc) is 3.05. The van der Waals surface area contributed by atoms with E-state index >= 15 is 0 Å². The van der Waals surface area contributed by atoms with Gasteiger partial charge in [-0.1, -0.05) is 12.1 Å². The maximum Gasteiger partial charge on any atom is 0.250 e. The minimum absolute atomic E-state index is 0.0116. The van der Waals surface area contributed by atoms with Crippen molar-refractivity contribution in [3.63, 3.8) is 0 Å². The third kappa shape index (κ3) is 3.92. The van der Waals surface area contributed by atoms with Gasteiger partial charge in [0.25, 0.3) is 10.0 Å². The molecular formula is C18H22N2O4S2. The molecule has 26 heavy (non-hydrogen) atoms. The first kappa shape index (κ1) is 18.9. The number of ether oxygens (including phenoxy) is 1. The van der Waals surface area contributed by atoms with Gasteiger partial charge in [-0.25, -0.2) is 13.1 Å². The first-order valence-electron chi connectivity index (χ1n) is 8.33. The van der Waals surface area contributed by atoms with E-state index in [9.17, 15) is 13.2 Å². The van der Waals surface area contributed by atoms with E-state index in [-0.39, 0.29) is 11.9 Å². The van der Waals surface area contributed by atoms with Crippen LogP contribution in [-0.4, -0.2) is 32.9 Å². The van der Waals surface area contributed by atoms with Crippen molar-refractivity contribution in [3.8, 4) is 5.75 Å². The molecule has 8 heteroatoms. The Labute approximate surface area is 157 Å². The summed E-state index contributed by atoms with van der Waals surface area (Å²) in [6.45, 7) is 4.46. The van der Waals surface area contributed by atoms with Gasteiger partial charge in [-0.05, 0) is 42.7 Å². The Morgan fingerprint density at radius 2 is 2.00 bits per heavy atom. The third-order valence-electron chi connectivity index (χ3n) is 4.50. The molecule has 1 aromatic heterocycles. The van der Waals surface area contributed by atoms with E-state index in [0.717, 1.165) is 21.8 Å². The van der Waals surface area contributed by atoms with E-state index in [1.807, 2.05) is 19.1 Å². The molecule has 2 heterocycles. The number of nitrogens with one attached hydrogen (secondary N) is 1. The fraction of sp³-hybridized carbons (Fsp3) is 0.389. The van der Waals surface area contributed by atoms with Crippen LogP contribution in [0, 0.1) is 0 Å². The Morgan fingerprint density at radius 1 is 1.31 bits per heavy atom. The quantitative estimate of drug-likeness (QED) is 0.846. The maximum absolute atomic E-state index is 12.8. The van der Waals surface area contributed by atoms with E-state index in [2.05, 4.69) is 4.72 Å². The zero-order chi connectivity index (χ0) is 18.9. The van der Waals surface area contributed by atoms with Crippen molar-refractivity contribution in [2.75, 3.05) is 13.7 Å². The molecule has 0 fully saturated rings. The second-order valence-corrected chi connectivity index (χ2v) is 9.40. The number of sulfonamides is 1. The number of fused-ring (bicyclic) bond motifs is 1. The highest BCUT2D eigenvalue weighted by molar-refractivity contribution is 7.91. The number of carbonyl (C=O) groups is 1. The SMILES string of the molecule is COc1ccc(C(C)NS(=O)(=O)c2cc3c(s2)CCN(C(C)=O)C3)cc1. The van der Waals surface area contributed by atoms with E-state index in [0.29, 0.717) is 23.7 Å². The van der Waals surface area contributed by atoms with Crippen molar-refractivity contribution in [2.24, 2.45) is 0 Å². The summed E-state index contributed by atoms with van der Waals surface area (Å²) in [6, 6.07) is 8.63. The molecule has 1 amide bonds. The minimum Gasteiger partial charge on any atom is -0.497 e. The van der Waals surface area contributed by atoms with Crippen molar-refractivity contribution in [1.29, 1.82) is 0 Å². The molecule has 1 N–H and O–H groups in total. The zero-order valence-electron chi connectivity index (χ0n) is 15.0. The van der Waals surface area contributed by atoms with E-state index in [1.54, 1.807) is 30.2 Å². The van der Waals surface area contributed by atoms with Crippen LogP contribution in [0.15, 0.2) is 34.5 Å². The van der Waals surface area contributed by atoms with Gasteiger partial charge in [0.1, 0.15) is 9.96 Å². The number of nitrogens with zero attached hydrogens (tertiary/aromatic N) is 1. The highest BCUT2D eigenvalue weighted by atomic mass is 32.2. The number of hydrogen-bond donors (Lipinski definition) is 1. The van der Waals surface area contributed by atoms with Gasteiger partial charge in [-0.15, -0.1) is 11.3 Å². The Hall–Kier alpha value is -1.90. The highest BCUT2D eigenvalue weighted by Crippen LogP contribution is 2.31. The molecule has 140 valence electrons. The number of carbonyl (C=O) groups excluding carboxylic acids is 1. The Morgan fingerprint density at radius 3 is 2.62 bits per heavy atom. The first-order chi connectivity index (χ1) is 12.3. The summed E-state index contributed by atoms with van der Waals surface area (Å²) in [4.78, 5) is 14.3. The van der Waals surface area contributed by atoms with Gasteiger partial charge in [0.15, 0.2) is 0 Å². The van der Waals surface area contributed by atoms with Crippen LogP contribution in [0.2, 0.25) is 0 Å². The molecule has 1 atom stereocenters. The largest absolute Gasteiger partial charge is 0.497 e. The molecule has 1 aliphatic heterocycles. The average molecular weight is 395 g/mol. The van der Waals surface area contributed by atoms with E-state index in [1.165, 1.54) is 18.3 Å². The number of thiophene rings is 1. The lowest BCUT2D eigenvalue weighted by molar-refractivity contribution is -0.129. The van der Waals surface area contributed by atoms with Crippen LogP contribution in [-0.2, 0) is 27.8 Å². The summed E-state index contributed by atoms with van der Waals surface area (Å²) in [5, 5.41) is 0. The van der Waals surface area contributed by atoms with Crippen molar-refractivity contribution in [2.45, 2.75) is 37.1 Å². The Kier molecular flexibility index (Phi) is 5.36. The lowest BCUT2D eigenvalue weighted by Gasteiger charge is -2.25. The summed E-state index contributed by atoms with van der Waals surface area (Å²) in [7, 11) is -2.03. The molecule has 0 saturated heterocycles. The van der Waals surface area contributed by atoms with Gasteiger partial charge in [0, 0.05) is 30.9 Å². The molecule has 1 aromatic carbocycles. The highest BCUT2D eigenvalue weighted by Gasteiger charge is 2.26. The fourth-order valence-corrected chi connectivity index (χ4v) is 5.75. The summed E-state index contributed by atoms with van der Waals surface area (Å²) in [5.74, 6) is 0.738. The lowest BCUT2D eigenvalue weighted by atomic mass is 10.1. The van der Waals surface area contributed by atoms with Crippen molar-refractivity contribution < 1.29 is 17.9 Å². The van der Waals surface area contributed by atoms with Crippen LogP contribution in [0.3, 0.4) is 0 Å². The van der Waals surface area contributed by atoms with Gasteiger partial charge in [-0.3, -0.25) is 4.79 Å². The van der Waals surface area contributed by atoms with Crippen LogP contribution in [0.4, 0.5) is 0 Å². The topological polar surface area (TPSA) is 75.7 Å². The van der Waals surface area contributed by atoms with Gasteiger partial charge in [0.05, 0.1) is 7.11 Å². The normalized spacial score (nSPS) is 15.4. The number of amides is 1. The molecule has 3 rings (SSSR count). The van der Waals surface area contributed by atoms with Crippen LogP contribution in [0.5, 0.6) is 5.75 Å². The third-order valence-corrected chi connectivity index (χ3v) is 7.75. The Bertz CT molecular complexity index is 904. The maximum atomic E-state index is 12.8. The summed E-state index contributed by atoms with van der Waals surface area (Å²) in [5.41, 5.74) is 1.78. The smallest absolute Gasteiger partial charge is 0.250 e.